The van der Waals surface area contributed by atoms with Gasteiger partial charge in [0.15, 0.2) is 0 Å². The Morgan fingerprint density at radius 2 is 1.42 bits per heavy atom. The van der Waals surface area contributed by atoms with E-state index in [1.54, 1.807) is 0 Å². The van der Waals surface area contributed by atoms with E-state index in [4.69, 9.17) is 5.11 Å². The highest BCUT2D eigenvalue weighted by molar-refractivity contribution is 5.66. The number of unbranched alkanes of at least 4 members (excludes halogenated alkanes) is 4. The highest BCUT2D eigenvalue weighted by atomic mass is 16.4. The zero-order chi connectivity index (χ0) is 13.9. The van der Waals surface area contributed by atoms with Crippen LogP contribution >= 0.6 is 0 Å². The predicted octanol–water partition coefficient (Wildman–Crippen LogP) is 4.61. The van der Waals surface area contributed by atoms with E-state index >= 15 is 0 Å². The second-order valence-electron chi connectivity index (χ2n) is 5.23. The summed E-state index contributed by atoms with van der Waals surface area (Å²) < 4.78 is 0. The molecule has 19 heavy (non-hydrogen) atoms. The molecule has 0 saturated carbocycles. The van der Waals surface area contributed by atoms with E-state index in [1.165, 1.54) is 43.2 Å². The number of carboxylic acids is 1. The summed E-state index contributed by atoms with van der Waals surface area (Å²) in [4.78, 5) is 10.4. The van der Waals surface area contributed by atoms with Crippen molar-refractivity contribution < 1.29 is 9.90 Å². The van der Waals surface area contributed by atoms with Crippen molar-refractivity contribution in [2.24, 2.45) is 0 Å². The van der Waals surface area contributed by atoms with Crippen LogP contribution in [-0.4, -0.2) is 11.1 Å². The molecule has 0 aliphatic rings. The second kappa shape index (κ2) is 9.60. The maximum Gasteiger partial charge on any atom is 0.303 e. The Balaban J connectivity index is 2.21. The summed E-state index contributed by atoms with van der Waals surface area (Å²) >= 11 is 0. The molecule has 0 aliphatic heterocycles. The standard InChI is InChI=1S/C17H26O2/c1-2-3-4-5-8-15-11-13-16(14-12-15)9-6-7-10-17(18)19/h11-14H,2-10H2,1H3,(H,18,19). The van der Waals surface area contributed by atoms with E-state index in [0.717, 1.165) is 19.3 Å². The molecule has 1 rings (SSSR count). The van der Waals surface area contributed by atoms with Crippen molar-refractivity contribution in [1.82, 2.24) is 0 Å². The number of aryl methyl sites for hydroxylation is 2. The van der Waals surface area contributed by atoms with Gasteiger partial charge in [-0.05, 0) is 43.2 Å². The van der Waals surface area contributed by atoms with E-state index in [-0.39, 0.29) is 6.42 Å². The number of hydrogen-bond acceptors (Lipinski definition) is 1. The normalized spacial score (nSPS) is 10.6. The fourth-order valence-electron chi connectivity index (χ4n) is 2.23. The largest absolute Gasteiger partial charge is 0.481 e. The van der Waals surface area contributed by atoms with Crippen molar-refractivity contribution in [2.45, 2.75) is 64.7 Å². The van der Waals surface area contributed by atoms with Gasteiger partial charge in [0.25, 0.3) is 0 Å². The van der Waals surface area contributed by atoms with Crippen LogP contribution in [0.1, 0.15) is 63.0 Å². The minimum absolute atomic E-state index is 0.287. The van der Waals surface area contributed by atoms with Crippen LogP contribution in [0.15, 0.2) is 24.3 Å². The first-order chi connectivity index (χ1) is 9.22. The predicted molar refractivity (Wildman–Crippen MR) is 79.5 cm³/mol. The van der Waals surface area contributed by atoms with Crippen LogP contribution < -0.4 is 0 Å². The van der Waals surface area contributed by atoms with Gasteiger partial charge < -0.3 is 5.11 Å². The van der Waals surface area contributed by atoms with Crippen molar-refractivity contribution in [3.8, 4) is 0 Å². The fourth-order valence-corrected chi connectivity index (χ4v) is 2.23. The summed E-state index contributed by atoms with van der Waals surface area (Å²) in [5.74, 6) is -0.692. The van der Waals surface area contributed by atoms with Crippen molar-refractivity contribution in [2.75, 3.05) is 0 Å². The molecule has 1 N–H and O–H groups in total. The highest BCUT2D eigenvalue weighted by Crippen LogP contribution is 2.12. The molecular weight excluding hydrogens is 236 g/mol. The first kappa shape index (κ1) is 15.7. The summed E-state index contributed by atoms with van der Waals surface area (Å²) in [6.45, 7) is 2.24. The maximum atomic E-state index is 10.4. The van der Waals surface area contributed by atoms with Gasteiger partial charge in [-0.1, -0.05) is 50.5 Å². The van der Waals surface area contributed by atoms with Gasteiger partial charge in [0, 0.05) is 6.42 Å². The summed E-state index contributed by atoms with van der Waals surface area (Å²) in [7, 11) is 0. The maximum absolute atomic E-state index is 10.4. The van der Waals surface area contributed by atoms with E-state index in [1.807, 2.05) is 0 Å². The van der Waals surface area contributed by atoms with Gasteiger partial charge in [0.2, 0.25) is 0 Å². The molecule has 2 nitrogen and oxygen atoms in total. The smallest absolute Gasteiger partial charge is 0.303 e. The Bertz CT molecular complexity index is 354. The third-order valence-corrected chi connectivity index (χ3v) is 3.45. The Labute approximate surface area is 116 Å². The Morgan fingerprint density at radius 1 is 0.895 bits per heavy atom. The Morgan fingerprint density at radius 3 is 1.89 bits per heavy atom. The molecule has 0 saturated heterocycles. The van der Waals surface area contributed by atoms with Crippen LogP contribution in [-0.2, 0) is 17.6 Å². The molecule has 2 heteroatoms. The zero-order valence-electron chi connectivity index (χ0n) is 12.0. The lowest BCUT2D eigenvalue weighted by atomic mass is 10.0. The second-order valence-corrected chi connectivity index (χ2v) is 5.23. The SMILES string of the molecule is CCCCCCc1ccc(CCCCC(=O)O)cc1. The molecular formula is C17H26O2. The number of carboxylic acid groups (broad SMARTS) is 1. The van der Waals surface area contributed by atoms with E-state index in [2.05, 4.69) is 31.2 Å². The molecule has 0 unspecified atom stereocenters. The lowest BCUT2D eigenvalue weighted by Gasteiger charge is -2.04. The molecule has 0 radical (unpaired) electrons. The van der Waals surface area contributed by atoms with Crippen LogP contribution in [0.4, 0.5) is 0 Å². The molecule has 1 aromatic carbocycles. The number of rotatable bonds is 10. The molecule has 0 heterocycles. The van der Waals surface area contributed by atoms with Gasteiger partial charge in [-0.25, -0.2) is 0 Å². The quantitative estimate of drug-likeness (QED) is 0.625. The van der Waals surface area contributed by atoms with E-state index < -0.39 is 5.97 Å². The summed E-state index contributed by atoms with van der Waals surface area (Å²) in [5, 5.41) is 8.57. The van der Waals surface area contributed by atoms with Gasteiger partial charge in [-0.15, -0.1) is 0 Å². The van der Waals surface area contributed by atoms with Gasteiger partial charge in [0.05, 0.1) is 0 Å². The van der Waals surface area contributed by atoms with Crippen LogP contribution in [0.3, 0.4) is 0 Å². The van der Waals surface area contributed by atoms with Crippen LogP contribution in [0, 0.1) is 0 Å². The van der Waals surface area contributed by atoms with Gasteiger partial charge in [-0.2, -0.15) is 0 Å². The number of hydrogen-bond donors (Lipinski definition) is 1. The minimum Gasteiger partial charge on any atom is -0.481 e. The molecule has 0 bridgehead atoms. The molecule has 0 aromatic heterocycles. The average molecular weight is 262 g/mol. The zero-order valence-corrected chi connectivity index (χ0v) is 12.0. The lowest BCUT2D eigenvalue weighted by Crippen LogP contribution is -1.95. The highest BCUT2D eigenvalue weighted by Gasteiger charge is 1.99. The topological polar surface area (TPSA) is 37.3 Å². The molecule has 0 amide bonds. The monoisotopic (exact) mass is 262 g/mol. The Hall–Kier alpha value is -1.31. The summed E-state index contributed by atoms with van der Waals surface area (Å²) in [5.41, 5.74) is 2.74. The van der Waals surface area contributed by atoms with E-state index in [9.17, 15) is 4.79 Å². The van der Waals surface area contributed by atoms with Gasteiger partial charge >= 0.3 is 5.97 Å². The van der Waals surface area contributed by atoms with Crippen molar-refractivity contribution >= 4 is 5.97 Å². The molecule has 0 atom stereocenters. The number of aliphatic carboxylic acids is 1. The average Bonchev–Trinajstić information content (AvgIpc) is 2.41. The molecule has 0 aliphatic carbocycles. The third-order valence-electron chi connectivity index (χ3n) is 3.45. The summed E-state index contributed by atoms with van der Waals surface area (Å²) in [6, 6.07) is 8.82. The molecule has 106 valence electrons. The lowest BCUT2D eigenvalue weighted by molar-refractivity contribution is -0.137. The molecule has 1 aromatic rings. The van der Waals surface area contributed by atoms with Crippen LogP contribution in [0.2, 0.25) is 0 Å². The van der Waals surface area contributed by atoms with Crippen molar-refractivity contribution in [3.05, 3.63) is 35.4 Å². The molecule has 0 fully saturated rings. The number of carbonyl (C=O) groups is 1. The van der Waals surface area contributed by atoms with Crippen LogP contribution in [0.25, 0.3) is 0 Å². The third kappa shape index (κ3) is 7.66. The van der Waals surface area contributed by atoms with Gasteiger partial charge in [-0.3, -0.25) is 4.79 Å². The Kier molecular flexibility index (Phi) is 7.95. The number of benzene rings is 1. The van der Waals surface area contributed by atoms with Gasteiger partial charge in [0.1, 0.15) is 0 Å². The minimum atomic E-state index is -0.692. The summed E-state index contributed by atoms with van der Waals surface area (Å²) in [6.07, 6.45) is 9.42. The van der Waals surface area contributed by atoms with Crippen molar-refractivity contribution in [1.29, 1.82) is 0 Å². The van der Waals surface area contributed by atoms with E-state index in [0.29, 0.717) is 0 Å². The van der Waals surface area contributed by atoms with Crippen molar-refractivity contribution in [3.63, 3.8) is 0 Å². The first-order valence-corrected chi connectivity index (χ1v) is 7.52. The fraction of sp³-hybridized carbons (Fsp3) is 0.588. The van der Waals surface area contributed by atoms with Crippen LogP contribution in [0.5, 0.6) is 0 Å². The first-order valence-electron chi connectivity index (χ1n) is 7.52. The molecule has 0 spiro atoms.